The highest BCUT2D eigenvalue weighted by Gasteiger charge is 2.13. The molecule has 0 saturated heterocycles. The molecule has 6 heteroatoms. The smallest absolute Gasteiger partial charge is 0.180 e. The molecular weight excluding hydrogens is 271 g/mol. The van der Waals surface area contributed by atoms with Gasteiger partial charge in [-0.3, -0.25) is 0 Å². The molecule has 0 aliphatic carbocycles. The molecule has 0 amide bonds. The Morgan fingerprint density at radius 2 is 1.89 bits per heavy atom. The molecule has 0 aliphatic heterocycles. The van der Waals surface area contributed by atoms with Gasteiger partial charge in [0.05, 0.1) is 27.6 Å². The number of rotatable bonds is 2. The zero-order valence-corrected chi connectivity index (χ0v) is 11.5. The molecule has 0 aliphatic rings. The summed E-state index contributed by atoms with van der Waals surface area (Å²) >= 11 is 11.9. The second-order valence-electron chi connectivity index (χ2n) is 4.17. The maximum Gasteiger partial charge on any atom is 0.180 e. The van der Waals surface area contributed by atoms with Crippen LogP contribution in [0.25, 0.3) is 11.5 Å². The number of nitrogen functional groups attached to an aromatic ring is 1. The Morgan fingerprint density at radius 1 is 1.17 bits per heavy atom. The first-order valence-electron chi connectivity index (χ1n) is 5.43. The highest BCUT2D eigenvalue weighted by Crippen LogP contribution is 2.27. The van der Waals surface area contributed by atoms with Crippen molar-refractivity contribution in [1.29, 1.82) is 0 Å². The van der Waals surface area contributed by atoms with Crippen LogP contribution in [0.4, 0.5) is 5.69 Å². The lowest BCUT2D eigenvalue weighted by molar-refractivity contribution is 0.820. The zero-order chi connectivity index (χ0) is 13.3. The number of halogens is 2. The maximum atomic E-state index is 6.08. The predicted molar refractivity (Wildman–Crippen MR) is 73.8 cm³/mol. The third kappa shape index (κ3) is 2.54. The Balaban J connectivity index is 2.54. The Bertz CT molecular complexity index is 584. The minimum absolute atomic E-state index is 0.206. The van der Waals surface area contributed by atoms with E-state index in [0.717, 1.165) is 5.69 Å². The molecule has 2 aromatic heterocycles. The molecule has 0 unspecified atom stereocenters. The number of pyridine rings is 1. The van der Waals surface area contributed by atoms with Crippen molar-refractivity contribution in [1.82, 2.24) is 15.0 Å². The van der Waals surface area contributed by atoms with Crippen molar-refractivity contribution < 1.29 is 0 Å². The molecule has 0 radical (unpaired) electrons. The Morgan fingerprint density at radius 3 is 2.50 bits per heavy atom. The number of nitrogens with zero attached hydrogens (tertiary/aromatic N) is 3. The van der Waals surface area contributed by atoms with Gasteiger partial charge in [-0.05, 0) is 12.0 Å². The van der Waals surface area contributed by atoms with Crippen molar-refractivity contribution >= 4 is 28.9 Å². The molecule has 0 aromatic carbocycles. The van der Waals surface area contributed by atoms with Crippen molar-refractivity contribution in [2.24, 2.45) is 0 Å². The van der Waals surface area contributed by atoms with Crippen LogP contribution in [0, 0.1) is 0 Å². The summed E-state index contributed by atoms with van der Waals surface area (Å²) in [7, 11) is 0. The third-order valence-corrected chi connectivity index (χ3v) is 2.91. The Kier molecular flexibility index (Phi) is 3.68. The normalized spacial score (nSPS) is 10.9. The minimum atomic E-state index is 0.206. The summed E-state index contributed by atoms with van der Waals surface area (Å²) in [5, 5.41) is 0.894. The van der Waals surface area contributed by atoms with Crippen molar-refractivity contribution in [3.8, 4) is 11.5 Å². The molecule has 18 heavy (non-hydrogen) atoms. The highest BCUT2D eigenvalue weighted by atomic mass is 35.5. The van der Waals surface area contributed by atoms with E-state index in [1.54, 1.807) is 12.3 Å². The van der Waals surface area contributed by atoms with Crippen LogP contribution in [-0.2, 0) is 0 Å². The molecular formula is C12H12Cl2N4. The summed E-state index contributed by atoms with van der Waals surface area (Å²) < 4.78 is 0. The third-order valence-electron chi connectivity index (χ3n) is 2.41. The average molecular weight is 283 g/mol. The zero-order valence-electron chi connectivity index (χ0n) is 9.98. The molecule has 0 spiro atoms. The summed E-state index contributed by atoms with van der Waals surface area (Å²) in [6.45, 7) is 4.03. The first-order chi connectivity index (χ1) is 8.49. The van der Waals surface area contributed by atoms with Crippen LogP contribution in [0.3, 0.4) is 0 Å². The van der Waals surface area contributed by atoms with Gasteiger partial charge in [0.15, 0.2) is 5.82 Å². The first-order valence-corrected chi connectivity index (χ1v) is 6.18. The van der Waals surface area contributed by atoms with Gasteiger partial charge in [0, 0.05) is 6.20 Å². The summed E-state index contributed by atoms with van der Waals surface area (Å²) in [5.74, 6) is 0.660. The van der Waals surface area contributed by atoms with Gasteiger partial charge < -0.3 is 5.73 Å². The van der Waals surface area contributed by atoms with E-state index >= 15 is 0 Å². The second-order valence-corrected chi connectivity index (χ2v) is 5.02. The van der Waals surface area contributed by atoms with Crippen LogP contribution in [0.1, 0.15) is 25.5 Å². The minimum Gasteiger partial charge on any atom is -0.396 e. The van der Waals surface area contributed by atoms with Crippen LogP contribution < -0.4 is 5.73 Å². The van der Waals surface area contributed by atoms with E-state index in [4.69, 9.17) is 28.9 Å². The monoisotopic (exact) mass is 282 g/mol. The fourth-order valence-electron chi connectivity index (χ4n) is 1.56. The molecule has 0 bridgehead atoms. The summed E-state index contributed by atoms with van der Waals surface area (Å²) in [6.07, 6.45) is 3.09. The molecule has 0 atom stereocenters. The van der Waals surface area contributed by atoms with E-state index in [2.05, 4.69) is 15.0 Å². The largest absolute Gasteiger partial charge is 0.396 e. The predicted octanol–water partition coefficient (Wildman–Crippen LogP) is 3.55. The van der Waals surface area contributed by atoms with Crippen LogP contribution in [0.2, 0.25) is 10.0 Å². The molecule has 0 fully saturated rings. The number of hydrogen-bond acceptors (Lipinski definition) is 4. The SMILES string of the molecule is CC(C)c1nc(-c2ncc(Cl)cc2Cl)ncc1N. The van der Waals surface area contributed by atoms with Gasteiger partial charge in [-0.15, -0.1) is 0 Å². The van der Waals surface area contributed by atoms with Gasteiger partial charge in [-0.1, -0.05) is 37.0 Å². The molecule has 94 valence electrons. The second kappa shape index (κ2) is 5.08. The molecule has 4 nitrogen and oxygen atoms in total. The lowest BCUT2D eigenvalue weighted by Crippen LogP contribution is -2.04. The number of aromatic nitrogens is 3. The van der Waals surface area contributed by atoms with Crippen molar-refractivity contribution in [3.63, 3.8) is 0 Å². The van der Waals surface area contributed by atoms with Crippen molar-refractivity contribution in [2.75, 3.05) is 5.73 Å². The van der Waals surface area contributed by atoms with Crippen molar-refractivity contribution in [3.05, 3.63) is 34.2 Å². The quantitative estimate of drug-likeness (QED) is 0.915. The maximum absolute atomic E-state index is 6.08. The summed E-state index contributed by atoms with van der Waals surface area (Å²) in [6, 6.07) is 1.61. The van der Waals surface area contributed by atoms with Gasteiger partial charge in [0.25, 0.3) is 0 Å². The fourth-order valence-corrected chi connectivity index (χ4v) is 2.02. The van der Waals surface area contributed by atoms with E-state index in [0.29, 0.717) is 27.3 Å². The molecule has 2 aromatic rings. The van der Waals surface area contributed by atoms with Gasteiger partial charge >= 0.3 is 0 Å². The van der Waals surface area contributed by atoms with E-state index in [1.807, 2.05) is 13.8 Å². The highest BCUT2D eigenvalue weighted by molar-refractivity contribution is 6.35. The summed E-state index contributed by atoms with van der Waals surface area (Å²) in [5.41, 5.74) is 7.69. The molecule has 2 heterocycles. The van der Waals surface area contributed by atoms with E-state index in [9.17, 15) is 0 Å². The number of nitrogens with two attached hydrogens (primary N) is 1. The molecule has 2 N–H and O–H groups in total. The van der Waals surface area contributed by atoms with E-state index < -0.39 is 0 Å². The Labute approximate surface area is 115 Å². The van der Waals surface area contributed by atoms with E-state index in [-0.39, 0.29) is 5.92 Å². The standard InChI is InChI=1S/C12H12Cl2N4/c1-6(2)10-9(15)5-17-12(18-10)11-8(14)3-7(13)4-16-11/h3-6H,15H2,1-2H3. The van der Waals surface area contributed by atoms with Gasteiger partial charge in [0.2, 0.25) is 0 Å². The van der Waals surface area contributed by atoms with Gasteiger partial charge in [-0.2, -0.15) is 0 Å². The lowest BCUT2D eigenvalue weighted by Gasteiger charge is -2.10. The number of hydrogen-bond donors (Lipinski definition) is 1. The van der Waals surface area contributed by atoms with Gasteiger partial charge in [0.1, 0.15) is 5.69 Å². The fraction of sp³-hybridized carbons (Fsp3) is 0.250. The van der Waals surface area contributed by atoms with Gasteiger partial charge in [-0.25, -0.2) is 15.0 Å². The van der Waals surface area contributed by atoms with Crippen molar-refractivity contribution in [2.45, 2.75) is 19.8 Å². The van der Waals surface area contributed by atoms with E-state index in [1.165, 1.54) is 6.20 Å². The molecule has 2 rings (SSSR count). The molecule has 0 saturated carbocycles. The average Bonchev–Trinajstić information content (AvgIpc) is 2.30. The first kappa shape index (κ1) is 13.1. The van der Waals surface area contributed by atoms with Crippen LogP contribution in [0.5, 0.6) is 0 Å². The van der Waals surface area contributed by atoms with Crippen LogP contribution in [0.15, 0.2) is 18.5 Å². The van der Waals surface area contributed by atoms with Crippen LogP contribution >= 0.6 is 23.2 Å². The Hall–Kier alpha value is -1.39. The topological polar surface area (TPSA) is 64.7 Å². The lowest BCUT2D eigenvalue weighted by atomic mass is 10.1. The van der Waals surface area contributed by atoms with Crippen LogP contribution in [-0.4, -0.2) is 15.0 Å². The summed E-state index contributed by atoms with van der Waals surface area (Å²) in [4.78, 5) is 12.7. The number of anilines is 1.